The molecule has 0 aliphatic carbocycles. The highest BCUT2D eigenvalue weighted by molar-refractivity contribution is 5.85. The molecule has 0 fully saturated rings. The van der Waals surface area contributed by atoms with Crippen LogP contribution in [0.1, 0.15) is 22.5 Å². The zero-order chi connectivity index (χ0) is 18.7. The van der Waals surface area contributed by atoms with Gasteiger partial charge in [-0.15, -0.1) is 0 Å². The van der Waals surface area contributed by atoms with E-state index in [4.69, 9.17) is 9.15 Å². The van der Waals surface area contributed by atoms with Crippen LogP contribution in [0.5, 0.6) is 5.75 Å². The third-order valence-electron chi connectivity index (χ3n) is 4.13. The van der Waals surface area contributed by atoms with Gasteiger partial charge in [0.25, 0.3) is 0 Å². The Labute approximate surface area is 150 Å². The number of nitrogens with zero attached hydrogens (tertiary/aromatic N) is 2. The maximum Gasteiger partial charge on any atom is 0.340 e. The number of amides is 1. The summed E-state index contributed by atoms with van der Waals surface area (Å²) in [7, 11) is 1.54. The summed E-state index contributed by atoms with van der Waals surface area (Å²) in [5, 5.41) is 3.52. The predicted octanol–water partition coefficient (Wildman–Crippen LogP) is 2.07. The van der Waals surface area contributed by atoms with Crippen LogP contribution >= 0.6 is 0 Å². The van der Waals surface area contributed by atoms with E-state index in [1.807, 2.05) is 13.0 Å². The van der Waals surface area contributed by atoms with Gasteiger partial charge in [-0.1, -0.05) is 0 Å². The molecule has 0 unspecified atom stereocenters. The highest BCUT2D eigenvalue weighted by Gasteiger charge is 2.15. The summed E-state index contributed by atoms with van der Waals surface area (Å²) in [5.41, 5.74) is 2.44. The SMILES string of the molecule is COc1ccc2c(C)c(CC(=O)NCc3cnc(C)cn3)c(=O)oc2c1. The molecule has 1 N–H and O–H groups in total. The number of fused-ring (bicyclic) bond motifs is 1. The van der Waals surface area contributed by atoms with Crippen molar-refractivity contribution in [3.63, 3.8) is 0 Å². The lowest BCUT2D eigenvalue weighted by atomic mass is 10.0. The third-order valence-corrected chi connectivity index (χ3v) is 4.13. The Bertz CT molecular complexity index is 1010. The van der Waals surface area contributed by atoms with Crippen molar-refractivity contribution in [2.45, 2.75) is 26.8 Å². The molecule has 7 heteroatoms. The van der Waals surface area contributed by atoms with Gasteiger partial charge in [0.15, 0.2) is 0 Å². The fourth-order valence-corrected chi connectivity index (χ4v) is 2.63. The van der Waals surface area contributed by atoms with E-state index in [1.165, 1.54) is 0 Å². The molecule has 0 saturated heterocycles. The molecule has 1 aromatic carbocycles. The molecule has 134 valence electrons. The molecule has 0 aliphatic rings. The highest BCUT2D eigenvalue weighted by Crippen LogP contribution is 2.24. The van der Waals surface area contributed by atoms with Gasteiger partial charge in [-0.05, 0) is 31.5 Å². The quantitative estimate of drug-likeness (QED) is 0.706. The monoisotopic (exact) mass is 353 g/mol. The number of aromatic nitrogens is 2. The molecule has 2 heterocycles. The Morgan fingerprint density at radius 2 is 2.04 bits per heavy atom. The van der Waals surface area contributed by atoms with Gasteiger partial charge in [-0.2, -0.15) is 0 Å². The topological polar surface area (TPSA) is 94.3 Å². The lowest BCUT2D eigenvalue weighted by molar-refractivity contribution is -0.120. The molecule has 0 radical (unpaired) electrons. The second kappa shape index (κ2) is 7.35. The smallest absolute Gasteiger partial charge is 0.340 e. The summed E-state index contributed by atoms with van der Waals surface area (Å²) in [6, 6.07) is 5.26. The molecule has 7 nitrogen and oxygen atoms in total. The van der Waals surface area contributed by atoms with Crippen LogP contribution in [-0.4, -0.2) is 23.0 Å². The van der Waals surface area contributed by atoms with E-state index in [9.17, 15) is 9.59 Å². The Hall–Kier alpha value is -3.22. The molecule has 2 aromatic heterocycles. The Kier molecular flexibility index (Phi) is 4.97. The summed E-state index contributed by atoms with van der Waals surface area (Å²) in [6.45, 7) is 3.90. The number of carbonyl (C=O) groups excluding carboxylic acids is 1. The first-order chi connectivity index (χ1) is 12.5. The maximum atomic E-state index is 12.3. The van der Waals surface area contributed by atoms with Gasteiger partial charge in [-0.25, -0.2) is 4.79 Å². The molecule has 0 bridgehead atoms. The van der Waals surface area contributed by atoms with Crippen molar-refractivity contribution in [2.75, 3.05) is 7.11 Å². The van der Waals surface area contributed by atoms with Gasteiger partial charge in [0.1, 0.15) is 11.3 Å². The number of aryl methyl sites for hydroxylation is 2. The zero-order valence-electron chi connectivity index (χ0n) is 14.8. The van der Waals surface area contributed by atoms with Gasteiger partial charge >= 0.3 is 5.63 Å². The van der Waals surface area contributed by atoms with Crippen molar-refractivity contribution in [3.05, 3.63) is 63.5 Å². The lowest BCUT2D eigenvalue weighted by Crippen LogP contribution is -2.27. The summed E-state index contributed by atoms with van der Waals surface area (Å²) < 4.78 is 10.5. The molecule has 0 saturated carbocycles. The standard InChI is InChI=1S/C19H19N3O4/c1-11-8-21-13(9-20-11)10-22-18(23)7-16-12(2)15-5-4-14(25-3)6-17(15)26-19(16)24/h4-6,8-9H,7,10H2,1-3H3,(H,22,23). The van der Waals surface area contributed by atoms with E-state index >= 15 is 0 Å². The van der Waals surface area contributed by atoms with Crippen LogP contribution in [0, 0.1) is 13.8 Å². The van der Waals surface area contributed by atoms with Crippen molar-refractivity contribution in [2.24, 2.45) is 0 Å². The Morgan fingerprint density at radius 1 is 1.23 bits per heavy atom. The van der Waals surface area contributed by atoms with Crippen molar-refractivity contribution in [1.82, 2.24) is 15.3 Å². The predicted molar refractivity (Wildman–Crippen MR) is 96.1 cm³/mol. The van der Waals surface area contributed by atoms with Crippen molar-refractivity contribution >= 4 is 16.9 Å². The normalized spacial score (nSPS) is 10.7. The van der Waals surface area contributed by atoms with Crippen LogP contribution in [-0.2, 0) is 17.8 Å². The third kappa shape index (κ3) is 3.72. The zero-order valence-corrected chi connectivity index (χ0v) is 14.8. The molecule has 1 amide bonds. The number of rotatable bonds is 5. The first-order valence-corrected chi connectivity index (χ1v) is 8.12. The molecule has 26 heavy (non-hydrogen) atoms. The molecule has 0 aliphatic heterocycles. The molecular formula is C19H19N3O4. The minimum absolute atomic E-state index is 0.0601. The van der Waals surface area contributed by atoms with Crippen LogP contribution in [0.25, 0.3) is 11.0 Å². The number of benzene rings is 1. The van der Waals surface area contributed by atoms with Gasteiger partial charge in [0.2, 0.25) is 5.91 Å². The number of hydrogen-bond donors (Lipinski definition) is 1. The van der Waals surface area contributed by atoms with E-state index in [0.717, 1.165) is 16.6 Å². The fraction of sp³-hybridized carbons (Fsp3) is 0.263. The Morgan fingerprint density at radius 3 is 2.73 bits per heavy atom. The van der Waals surface area contributed by atoms with Crippen LogP contribution in [0.3, 0.4) is 0 Å². The molecule has 0 atom stereocenters. The van der Waals surface area contributed by atoms with E-state index in [1.54, 1.807) is 38.6 Å². The number of hydrogen-bond acceptors (Lipinski definition) is 6. The van der Waals surface area contributed by atoms with Crippen LogP contribution in [0.4, 0.5) is 0 Å². The number of ether oxygens (including phenoxy) is 1. The van der Waals surface area contributed by atoms with Gasteiger partial charge in [-0.3, -0.25) is 14.8 Å². The van der Waals surface area contributed by atoms with Crippen molar-refractivity contribution in [1.29, 1.82) is 0 Å². The van der Waals surface area contributed by atoms with E-state index < -0.39 is 5.63 Å². The van der Waals surface area contributed by atoms with Crippen molar-refractivity contribution < 1.29 is 13.9 Å². The first kappa shape index (κ1) is 17.6. The molecule has 0 spiro atoms. The number of carbonyl (C=O) groups is 1. The molecule has 3 rings (SSSR count). The summed E-state index contributed by atoms with van der Waals surface area (Å²) in [5.74, 6) is 0.320. The van der Waals surface area contributed by atoms with E-state index in [-0.39, 0.29) is 18.9 Å². The van der Waals surface area contributed by atoms with Gasteiger partial charge < -0.3 is 14.5 Å². The summed E-state index contributed by atoms with van der Waals surface area (Å²) in [4.78, 5) is 32.8. The minimum Gasteiger partial charge on any atom is -0.497 e. The van der Waals surface area contributed by atoms with Gasteiger partial charge in [0, 0.05) is 17.6 Å². The largest absolute Gasteiger partial charge is 0.497 e. The highest BCUT2D eigenvalue weighted by atomic mass is 16.5. The average molecular weight is 353 g/mol. The Balaban J connectivity index is 1.78. The summed E-state index contributed by atoms with van der Waals surface area (Å²) in [6.07, 6.45) is 3.19. The van der Waals surface area contributed by atoms with Crippen molar-refractivity contribution in [3.8, 4) is 5.75 Å². The number of nitrogens with one attached hydrogen (secondary N) is 1. The van der Waals surface area contributed by atoms with Crippen LogP contribution < -0.4 is 15.7 Å². The first-order valence-electron chi connectivity index (χ1n) is 8.12. The minimum atomic E-state index is -0.520. The van der Waals surface area contributed by atoms with E-state index in [2.05, 4.69) is 15.3 Å². The van der Waals surface area contributed by atoms with Gasteiger partial charge in [0.05, 0.1) is 43.2 Å². The molecular weight excluding hydrogens is 334 g/mol. The average Bonchev–Trinajstić information content (AvgIpc) is 2.64. The summed E-state index contributed by atoms with van der Waals surface area (Å²) >= 11 is 0. The second-order valence-corrected chi connectivity index (χ2v) is 5.96. The van der Waals surface area contributed by atoms with Crippen LogP contribution in [0.2, 0.25) is 0 Å². The fourth-order valence-electron chi connectivity index (χ4n) is 2.63. The lowest BCUT2D eigenvalue weighted by Gasteiger charge is -2.09. The van der Waals surface area contributed by atoms with E-state index in [0.29, 0.717) is 22.6 Å². The number of methoxy groups -OCH3 is 1. The molecule has 3 aromatic rings. The second-order valence-electron chi connectivity index (χ2n) is 5.96. The maximum absolute atomic E-state index is 12.3. The van der Waals surface area contributed by atoms with Crippen LogP contribution in [0.15, 0.2) is 39.8 Å².